The minimum atomic E-state index is 0.388. The first-order chi connectivity index (χ1) is 12.2. The van der Waals surface area contributed by atoms with E-state index in [2.05, 4.69) is 46.6 Å². The molecule has 1 aromatic heterocycles. The fourth-order valence-corrected chi connectivity index (χ4v) is 3.00. The van der Waals surface area contributed by atoms with Gasteiger partial charge >= 0.3 is 0 Å². The molecule has 5 heteroatoms. The SMILES string of the molecule is CCc1cccc2c(CCN=C(N)Nc3ccccc3OC)c[nH]c12. The zero-order valence-corrected chi connectivity index (χ0v) is 14.7. The number of ether oxygens (including phenoxy) is 1. The topological polar surface area (TPSA) is 75.4 Å². The van der Waals surface area contributed by atoms with E-state index in [-0.39, 0.29) is 0 Å². The average molecular weight is 336 g/mol. The molecule has 0 aliphatic rings. The van der Waals surface area contributed by atoms with Gasteiger partial charge in [-0.3, -0.25) is 4.99 Å². The van der Waals surface area contributed by atoms with Gasteiger partial charge in [0, 0.05) is 23.6 Å². The van der Waals surface area contributed by atoms with Crippen molar-refractivity contribution in [2.45, 2.75) is 19.8 Å². The number of H-pyrrole nitrogens is 1. The van der Waals surface area contributed by atoms with Gasteiger partial charge in [-0.05, 0) is 36.1 Å². The number of nitrogens with two attached hydrogens (primary N) is 1. The lowest BCUT2D eigenvalue weighted by Crippen LogP contribution is -2.23. The molecule has 3 aromatic rings. The summed E-state index contributed by atoms with van der Waals surface area (Å²) in [5.74, 6) is 1.13. The lowest BCUT2D eigenvalue weighted by molar-refractivity contribution is 0.417. The van der Waals surface area contributed by atoms with Crippen LogP contribution in [0.3, 0.4) is 0 Å². The summed E-state index contributed by atoms with van der Waals surface area (Å²) in [6.45, 7) is 2.79. The highest BCUT2D eigenvalue weighted by molar-refractivity contribution is 5.93. The summed E-state index contributed by atoms with van der Waals surface area (Å²) < 4.78 is 5.30. The molecule has 0 aliphatic heterocycles. The fourth-order valence-electron chi connectivity index (χ4n) is 3.00. The molecule has 0 atom stereocenters. The minimum Gasteiger partial charge on any atom is -0.495 e. The van der Waals surface area contributed by atoms with E-state index >= 15 is 0 Å². The fraction of sp³-hybridized carbons (Fsp3) is 0.250. The second kappa shape index (κ2) is 7.75. The van der Waals surface area contributed by atoms with Crippen LogP contribution in [0.15, 0.2) is 53.7 Å². The lowest BCUT2D eigenvalue weighted by atomic mass is 10.1. The first kappa shape index (κ1) is 16.9. The molecule has 2 aromatic carbocycles. The molecule has 25 heavy (non-hydrogen) atoms. The third-order valence-electron chi connectivity index (χ3n) is 4.30. The van der Waals surface area contributed by atoms with E-state index in [9.17, 15) is 0 Å². The smallest absolute Gasteiger partial charge is 0.193 e. The van der Waals surface area contributed by atoms with Gasteiger partial charge in [0.15, 0.2) is 5.96 Å². The highest BCUT2D eigenvalue weighted by Gasteiger charge is 2.06. The molecule has 0 unspecified atom stereocenters. The molecule has 5 nitrogen and oxygen atoms in total. The average Bonchev–Trinajstić information content (AvgIpc) is 3.05. The standard InChI is InChI=1S/C20H24N4O/c1-3-14-7-6-8-16-15(13-23-19(14)16)11-12-22-20(21)24-17-9-4-5-10-18(17)25-2/h4-10,13,23H,3,11-12H2,1-2H3,(H3,21,22,24). The van der Waals surface area contributed by atoms with Crippen LogP contribution in [-0.4, -0.2) is 24.6 Å². The van der Waals surface area contributed by atoms with Gasteiger partial charge in [-0.15, -0.1) is 0 Å². The number of nitrogens with one attached hydrogen (secondary N) is 2. The molecule has 0 aliphatic carbocycles. The van der Waals surface area contributed by atoms with Crippen LogP contribution >= 0.6 is 0 Å². The van der Waals surface area contributed by atoms with Crippen LogP contribution in [0.25, 0.3) is 10.9 Å². The van der Waals surface area contributed by atoms with Crippen molar-refractivity contribution in [3.63, 3.8) is 0 Å². The number of fused-ring (bicyclic) bond motifs is 1. The Kier molecular flexibility index (Phi) is 5.23. The van der Waals surface area contributed by atoms with Gasteiger partial charge in [0.25, 0.3) is 0 Å². The molecule has 0 saturated heterocycles. The summed E-state index contributed by atoms with van der Waals surface area (Å²) >= 11 is 0. The van der Waals surface area contributed by atoms with Gasteiger partial charge < -0.3 is 20.8 Å². The van der Waals surface area contributed by atoms with Crippen molar-refractivity contribution >= 4 is 22.5 Å². The number of rotatable bonds is 6. The van der Waals surface area contributed by atoms with E-state index in [0.717, 1.165) is 24.3 Å². The monoisotopic (exact) mass is 336 g/mol. The molecule has 0 spiro atoms. The highest BCUT2D eigenvalue weighted by Crippen LogP contribution is 2.23. The summed E-state index contributed by atoms with van der Waals surface area (Å²) in [5, 5.41) is 4.36. The number of benzene rings is 2. The molecule has 4 N–H and O–H groups in total. The Morgan fingerprint density at radius 1 is 1.16 bits per heavy atom. The molecular weight excluding hydrogens is 312 g/mol. The lowest BCUT2D eigenvalue weighted by Gasteiger charge is -2.10. The number of para-hydroxylation sites is 3. The van der Waals surface area contributed by atoms with Crippen molar-refractivity contribution in [2.75, 3.05) is 19.0 Å². The van der Waals surface area contributed by atoms with Crippen molar-refractivity contribution in [2.24, 2.45) is 10.7 Å². The first-order valence-electron chi connectivity index (χ1n) is 8.50. The number of anilines is 1. The van der Waals surface area contributed by atoms with Crippen LogP contribution in [0, 0.1) is 0 Å². The molecule has 1 heterocycles. The normalized spacial score (nSPS) is 11.7. The van der Waals surface area contributed by atoms with Crippen LogP contribution < -0.4 is 15.8 Å². The van der Waals surface area contributed by atoms with Crippen LogP contribution in [0.4, 0.5) is 5.69 Å². The Bertz CT molecular complexity index is 882. The predicted molar refractivity (Wildman–Crippen MR) is 104 cm³/mol. The predicted octanol–water partition coefficient (Wildman–Crippen LogP) is 3.71. The Morgan fingerprint density at radius 2 is 2.00 bits per heavy atom. The molecule has 130 valence electrons. The number of nitrogens with zero attached hydrogens (tertiary/aromatic N) is 1. The number of aromatic amines is 1. The number of guanidine groups is 1. The van der Waals surface area contributed by atoms with E-state index < -0.39 is 0 Å². The third-order valence-corrected chi connectivity index (χ3v) is 4.30. The van der Waals surface area contributed by atoms with Crippen molar-refractivity contribution in [1.82, 2.24) is 4.98 Å². The van der Waals surface area contributed by atoms with Gasteiger partial charge in [0.1, 0.15) is 5.75 Å². The molecule has 0 amide bonds. The highest BCUT2D eigenvalue weighted by atomic mass is 16.5. The van der Waals surface area contributed by atoms with Gasteiger partial charge in [0.2, 0.25) is 0 Å². The zero-order chi connectivity index (χ0) is 17.6. The third kappa shape index (κ3) is 3.76. The first-order valence-corrected chi connectivity index (χ1v) is 8.50. The van der Waals surface area contributed by atoms with E-state index in [1.165, 1.54) is 22.0 Å². The number of methoxy groups -OCH3 is 1. The van der Waals surface area contributed by atoms with Gasteiger partial charge in [-0.2, -0.15) is 0 Å². The molecule has 0 bridgehead atoms. The van der Waals surface area contributed by atoms with Gasteiger partial charge in [-0.1, -0.05) is 37.3 Å². The summed E-state index contributed by atoms with van der Waals surface area (Å²) in [6.07, 6.45) is 3.93. The Labute approximate surface area is 147 Å². The van der Waals surface area contributed by atoms with Gasteiger partial charge in [-0.25, -0.2) is 0 Å². The van der Waals surface area contributed by atoms with Crippen molar-refractivity contribution < 1.29 is 4.74 Å². The van der Waals surface area contributed by atoms with E-state index in [1.807, 2.05) is 24.3 Å². The Hall–Kier alpha value is -2.95. The Morgan fingerprint density at radius 3 is 2.80 bits per heavy atom. The number of hydrogen-bond acceptors (Lipinski definition) is 2. The van der Waals surface area contributed by atoms with Gasteiger partial charge in [0.05, 0.1) is 12.8 Å². The molecule has 3 rings (SSSR count). The quantitative estimate of drug-likeness (QED) is 0.474. The van der Waals surface area contributed by atoms with Crippen LogP contribution in [-0.2, 0) is 12.8 Å². The summed E-state index contributed by atoms with van der Waals surface area (Å²) in [4.78, 5) is 7.82. The molecule has 0 radical (unpaired) electrons. The van der Waals surface area contributed by atoms with Crippen LogP contribution in [0.2, 0.25) is 0 Å². The van der Waals surface area contributed by atoms with E-state index in [4.69, 9.17) is 10.5 Å². The second-order valence-electron chi connectivity index (χ2n) is 5.85. The number of aryl methyl sites for hydroxylation is 1. The maximum atomic E-state index is 6.00. The van der Waals surface area contributed by atoms with E-state index in [1.54, 1.807) is 7.11 Å². The van der Waals surface area contributed by atoms with Crippen LogP contribution in [0.1, 0.15) is 18.1 Å². The van der Waals surface area contributed by atoms with Crippen molar-refractivity contribution in [3.8, 4) is 5.75 Å². The zero-order valence-electron chi connectivity index (χ0n) is 14.7. The molecule has 0 fully saturated rings. The minimum absolute atomic E-state index is 0.388. The molecular formula is C20H24N4O. The summed E-state index contributed by atoms with van der Waals surface area (Å²) in [5.41, 5.74) is 10.6. The van der Waals surface area contributed by atoms with E-state index in [0.29, 0.717) is 12.5 Å². The van der Waals surface area contributed by atoms with Crippen molar-refractivity contribution in [3.05, 3.63) is 59.8 Å². The number of aliphatic imine (C=N–C) groups is 1. The maximum Gasteiger partial charge on any atom is 0.193 e. The van der Waals surface area contributed by atoms with Crippen LogP contribution in [0.5, 0.6) is 5.75 Å². The Balaban J connectivity index is 1.67. The number of aromatic nitrogens is 1. The maximum absolute atomic E-state index is 6.00. The summed E-state index contributed by atoms with van der Waals surface area (Å²) in [7, 11) is 1.63. The molecule has 0 saturated carbocycles. The number of hydrogen-bond donors (Lipinski definition) is 3. The second-order valence-corrected chi connectivity index (χ2v) is 5.85. The summed E-state index contributed by atoms with van der Waals surface area (Å²) in [6, 6.07) is 14.1. The van der Waals surface area contributed by atoms with Crippen molar-refractivity contribution in [1.29, 1.82) is 0 Å². The largest absolute Gasteiger partial charge is 0.495 e.